The summed E-state index contributed by atoms with van der Waals surface area (Å²) in [6, 6.07) is 19.1. The van der Waals surface area contributed by atoms with Crippen molar-refractivity contribution in [3.63, 3.8) is 0 Å². The molecule has 0 aromatic heterocycles. The maximum atomic E-state index is 11.0. The number of rotatable bonds is 4. The standard InChI is InChI=1S/C20H25NO/c1-2-17-8-10-19(11-9-17)20(22)12-14-21(15-13-20)16-18-6-4-3-5-7-18/h3-11,22H,2,12-16H2,1H3. The van der Waals surface area contributed by atoms with Crippen LogP contribution in [-0.4, -0.2) is 23.1 Å². The Labute approximate surface area is 133 Å². The maximum absolute atomic E-state index is 11.0. The molecule has 1 saturated heterocycles. The van der Waals surface area contributed by atoms with Crippen LogP contribution in [0.1, 0.15) is 36.5 Å². The monoisotopic (exact) mass is 295 g/mol. The van der Waals surface area contributed by atoms with Crippen molar-refractivity contribution in [2.45, 2.75) is 38.3 Å². The van der Waals surface area contributed by atoms with E-state index in [9.17, 15) is 5.11 Å². The molecule has 0 atom stereocenters. The molecule has 1 heterocycles. The number of hydrogen-bond acceptors (Lipinski definition) is 2. The first-order chi connectivity index (χ1) is 10.7. The normalized spacial score (nSPS) is 18.3. The summed E-state index contributed by atoms with van der Waals surface area (Å²) >= 11 is 0. The van der Waals surface area contributed by atoms with Gasteiger partial charge >= 0.3 is 0 Å². The van der Waals surface area contributed by atoms with E-state index in [1.807, 2.05) is 0 Å². The lowest BCUT2D eigenvalue weighted by Gasteiger charge is -2.38. The smallest absolute Gasteiger partial charge is 0.0920 e. The summed E-state index contributed by atoms with van der Waals surface area (Å²) in [5, 5.41) is 11.0. The quantitative estimate of drug-likeness (QED) is 0.929. The van der Waals surface area contributed by atoms with Crippen molar-refractivity contribution in [2.24, 2.45) is 0 Å². The highest BCUT2D eigenvalue weighted by Gasteiger charge is 2.33. The molecule has 0 spiro atoms. The van der Waals surface area contributed by atoms with Crippen LogP contribution in [-0.2, 0) is 18.6 Å². The zero-order chi connectivity index (χ0) is 15.4. The van der Waals surface area contributed by atoms with E-state index >= 15 is 0 Å². The minimum Gasteiger partial charge on any atom is -0.385 e. The fourth-order valence-corrected chi connectivity index (χ4v) is 3.26. The van der Waals surface area contributed by atoms with Crippen molar-refractivity contribution >= 4 is 0 Å². The lowest BCUT2D eigenvalue weighted by molar-refractivity contribution is -0.0277. The van der Waals surface area contributed by atoms with Crippen LogP contribution in [0.5, 0.6) is 0 Å². The van der Waals surface area contributed by atoms with Gasteiger partial charge in [0.15, 0.2) is 0 Å². The highest BCUT2D eigenvalue weighted by Crippen LogP contribution is 2.33. The Kier molecular flexibility index (Phi) is 4.60. The molecule has 0 bridgehead atoms. The Hall–Kier alpha value is -1.64. The Morgan fingerprint density at radius 1 is 0.909 bits per heavy atom. The molecule has 0 aliphatic carbocycles. The molecule has 2 heteroatoms. The Bertz CT molecular complexity index is 583. The number of hydrogen-bond donors (Lipinski definition) is 1. The molecule has 3 rings (SSSR count). The number of aryl methyl sites for hydroxylation is 1. The fraction of sp³-hybridized carbons (Fsp3) is 0.400. The van der Waals surface area contributed by atoms with Crippen molar-refractivity contribution in [3.05, 3.63) is 71.3 Å². The molecule has 1 fully saturated rings. The van der Waals surface area contributed by atoms with Crippen LogP contribution in [0, 0.1) is 0 Å². The Morgan fingerprint density at radius 2 is 1.55 bits per heavy atom. The molecule has 22 heavy (non-hydrogen) atoms. The van der Waals surface area contributed by atoms with Crippen LogP contribution < -0.4 is 0 Å². The van der Waals surface area contributed by atoms with E-state index in [1.54, 1.807) is 0 Å². The topological polar surface area (TPSA) is 23.5 Å². The third-order valence-corrected chi connectivity index (χ3v) is 4.83. The number of aliphatic hydroxyl groups is 1. The van der Waals surface area contributed by atoms with Gasteiger partial charge in [-0.15, -0.1) is 0 Å². The molecule has 116 valence electrons. The van der Waals surface area contributed by atoms with E-state index in [0.29, 0.717) is 0 Å². The summed E-state index contributed by atoms with van der Waals surface area (Å²) in [6.45, 7) is 5.03. The summed E-state index contributed by atoms with van der Waals surface area (Å²) in [5.41, 5.74) is 3.09. The maximum Gasteiger partial charge on any atom is 0.0920 e. The van der Waals surface area contributed by atoms with Gasteiger partial charge in [0.1, 0.15) is 0 Å². The van der Waals surface area contributed by atoms with Crippen molar-refractivity contribution < 1.29 is 5.11 Å². The van der Waals surface area contributed by atoms with E-state index in [4.69, 9.17) is 0 Å². The van der Waals surface area contributed by atoms with E-state index < -0.39 is 5.60 Å². The van der Waals surface area contributed by atoms with Crippen molar-refractivity contribution in [3.8, 4) is 0 Å². The van der Waals surface area contributed by atoms with Gasteiger partial charge in [-0.05, 0) is 36.0 Å². The van der Waals surface area contributed by atoms with E-state index in [2.05, 4.69) is 66.4 Å². The lowest BCUT2D eigenvalue weighted by atomic mass is 9.84. The molecule has 0 amide bonds. The van der Waals surface area contributed by atoms with E-state index in [0.717, 1.165) is 44.5 Å². The van der Waals surface area contributed by atoms with Gasteiger partial charge in [0.25, 0.3) is 0 Å². The molecule has 1 N–H and O–H groups in total. The third kappa shape index (κ3) is 3.40. The molecule has 0 saturated carbocycles. The highest BCUT2D eigenvalue weighted by atomic mass is 16.3. The van der Waals surface area contributed by atoms with Gasteiger partial charge in [-0.1, -0.05) is 61.5 Å². The van der Waals surface area contributed by atoms with Gasteiger partial charge in [-0.2, -0.15) is 0 Å². The summed E-state index contributed by atoms with van der Waals surface area (Å²) in [6.07, 6.45) is 2.67. The molecule has 2 aromatic carbocycles. The number of likely N-dealkylation sites (tertiary alicyclic amines) is 1. The second-order valence-corrected chi connectivity index (χ2v) is 6.34. The third-order valence-electron chi connectivity index (χ3n) is 4.83. The van der Waals surface area contributed by atoms with Crippen molar-refractivity contribution in [2.75, 3.05) is 13.1 Å². The molecule has 0 radical (unpaired) electrons. The van der Waals surface area contributed by atoms with Gasteiger partial charge in [0.05, 0.1) is 5.60 Å². The molecular formula is C20H25NO. The van der Waals surface area contributed by atoms with Crippen LogP contribution in [0.2, 0.25) is 0 Å². The minimum atomic E-state index is -0.653. The molecule has 0 unspecified atom stereocenters. The zero-order valence-electron chi connectivity index (χ0n) is 13.3. The summed E-state index contributed by atoms with van der Waals surface area (Å²) in [4.78, 5) is 2.43. The van der Waals surface area contributed by atoms with Crippen LogP contribution in [0.25, 0.3) is 0 Å². The molecular weight excluding hydrogens is 270 g/mol. The number of benzene rings is 2. The molecule has 2 aromatic rings. The predicted molar refractivity (Wildman–Crippen MR) is 90.7 cm³/mol. The molecule has 2 nitrogen and oxygen atoms in total. The Balaban J connectivity index is 1.62. The first-order valence-electron chi connectivity index (χ1n) is 8.28. The first-order valence-corrected chi connectivity index (χ1v) is 8.28. The average molecular weight is 295 g/mol. The van der Waals surface area contributed by atoms with Gasteiger partial charge in [0, 0.05) is 19.6 Å². The van der Waals surface area contributed by atoms with Crippen LogP contribution in [0.3, 0.4) is 0 Å². The predicted octanol–water partition coefficient (Wildman–Crippen LogP) is 3.73. The van der Waals surface area contributed by atoms with Crippen LogP contribution >= 0.6 is 0 Å². The number of nitrogens with zero attached hydrogens (tertiary/aromatic N) is 1. The minimum absolute atomic E-state index is 0.653. The molecule has 1 aliphatic heterocycles. The van der Waals surface area contributed by atoms with E-state index in [1.165, 1.54) is 11.1 Å². The highest BCUT2D eigenvalue weighted by molar-refractivity contribution is 5.28. The SMILES string of the molecule is CCc1ccc(C2(O)CCN(Cc3ccccc3)CC2)cc1. The average Bonchev–Trinajstić information content (AvgIpc) is 2.58. The number of piperidine rings is 1. The molecule has 1 aliphatic rings. The zero-order valence-corrected chi connectivity index (χ0v) is 13.3. The van der Waals surface area contributed by atoms with Gasteiger partial charge in [-0.25, -0.2) is 0 Å². The van der Waals surface area contributed by atoms with Gasteiger partial charge in [-0.3, -0.25) is 4.90 Å². The first kappa shape index (κ1) is 15.3. The van der Waals surface area contributed by atoms with Crippen LogP contribution in [0.15, 0.2) is 54.6 Å². The van der Waals surface area contributed by atoms with Crippen LogP contribution in [0.4, 0.5) is 0 Å². The second-order valence-electron chi connectivity index (χ2n) is 6.34. The van der Waals surface area contributed by atoms with Crippen molar-refractivity contribution in [1.29, 1.82) is 0 Å². The summed E-state index contributed by atoms with van der Waals surface area (Å²) < 4.78 is 0. The summed E-state index contributed by atoms with van der Waals surface area (Å²) in [7, 11) is 0. The lowest BCUT2D eigenvalue weighted by Crippen LogP contribution is -2.42. The van der Waals surface area contributed by atoms with Gasteiger partial charge in [0.2, 0.25) is 0 Å². The fourth-order valence-electron chi connectivity index (χ4n) is 3.26. The summed E-state index contributed by atoms with van der Waals surface area (Å²) in [5.74, 6) is 0. The van der Waals surface area contributed by atoms with E-state index in [-0.39, 0.29) is 0 Å². The van der Waals surface area contributed by atoms with Crippen molar-refractivity contribution in [1.82, 2.24) is 4.90 Å². The Morgan fingerprint density at radius 3 is 2.14 bits per heavy atom. The second kappa shape index (κ2) is 6.64. The largest absolute Gasteiger partial charge is 0.385 e. The van der Waals surface area contributed by atoms with Gasteiger partial charge < -0.3 is 5.11 Å².